The lowest BCUT2D eigenvalue weighted by Gasteiger charge is -1.97. The van der Waals surface area contributed by atoms with E-state index in [9.17, 15) is 0 Å². The maximum absolute atomic E-state index is 4.64. The quantitative estimate of drug-likeness (QED) is 0.743. The SMILES string of the molecule is CCNc1nc(-c2c(C)[nH]c3ccccc23)cs1. The maximum atomic E-state index is 4.64. The third-order valence-electron chi connectivity index (χ3n) is 2.98. The van der Waals surface area contributed by atoms with Crippen molar-refractivity contribution in [2.45, 2.75) is 13.8 Å². The molecule has 4 heteroatoms. The molecule has 0 bridgehead atoms. The van der Waals surface area contributed by atoms with Crippen molar-refractivity contribution in [3.63, 3.8) is 0 Å². The average molecular weight is 257 g/mol. The number of aromatic nitrogens is 2. The first-order valence-corrected chi connectivity index (χ1v) is 6.94. The molecule has 0 aliphatic heterocycles. The van der Waals surface area contributed by atoms with E-state index in [2.05, 4.69) is 52.7 Å². The molecule has 0 spiro atoms. The molecule has 0 radical (unpaired) electrons. The highest BCUT2D eigenvalue weighted by Crippen LogP contribution is 2.33. The van der Waals surface area contributed by atoms with Gasteiger partial charge in [0.25, 0.3) is 0 Å². The van der Waals surface area contributed by atoms with Crippen molar-refractivity contribution >= 4 is 27.4 Å². The summed E-state index contributed by atoms with van der Waals surface area (Å²) in [5.41, 5.74) is 4.60. The van der Waals surface area contributed by atoms with Crippen molar-refractivity contribution in [3.05, 3.63) is 35.3 Å². The summed E-state index contributed by atoms with van der Waals surface area (Å²) in [7, 11) is 0. The van der Waals surface area contributed by atoms with E-state index in [-0.39, 0.29) is 0 Å². The lowest BCUT2D eigenvalue weighted by Crippen LogP contribution is -1.95. The Labute approximate surface area is 110 Å². The fraction of sp³-hybridized carbons (Fsp3) is 0.214. The summed E-state index contributed by atoms with van der Waals surface area (Å²) in [6.07, 6.45) is 0. The molecule has 0 atom stereocenters. The molecule has 3 nitrogen and oxygen atoms in total. The number of anilines is 1. The number of rotatable bonds is 3. The van der Waals surface area contributed by atoms with Crippen LogP contribution < -0.4 is 5.32 Å². The van der Waals surface area contributed by atoms with Crippen LogP contribution in [0.5, 0.6) is 0 Å². The van der Waals surface area contributed by atoms with Crippen LogP contribution in [0.4, 0.5) is 5.13 Å². The number of aromatic amines is 1. The predicted molar refractivity (Wildman–Crippen MR) is 78.3 cm³/mol. The Hall–Kier alpha value is -1.81. The van der Waals surface area contributed by atoms with Gasteiger partial charge in [-0.15, -0.1) is 11.3 Å². The smallest absolute Gasteiger partial charge is 0.183 e. The van der Waals surface area contributed by atoms with E-state index in [4.69, 9.17) is 0 Å². The molecule has 2 aromatic heterocycles. The van der Waals surface area contributed by atoms with E-state index in [0.29, 0.717) is 0 Å². The van der Waals surface area contributed by atoms with Gasteiger partial charge < -0.3 is 10.3 Å². The van der Waals surface area contributed by atoms with Gasteiger partial charge in [-0.3, -0.25) is 0 Å². The van der Waals surface area contributed by atoms with Gasteiger partial charge in [0.2, 0.25) is 0 Å². The number of thiazole rings is 1. The largest absolute Gasteiger partial charge is 0.362 e. The van der Waals surface area contributed by atoms with Gasteiger partial charge in [-0.25, -0.2) is 4.98 Å². The highest BCUT2D eigenvalue weighted by Gasteiger charge is 2.12. The zero-order valence-corrected chi connectivity index (χ0v) is 11.3. The van der Waals surface area contributed by atoms with E-state index >= 15 is 0 Å². The van der Waals surface area contributed by atoms with Gasteiger partial charge in [0.05, 0.1) is 5.69 Å². The molecule has 18 heavy (non-hydrogen) atoms. The van der Waals surface area contributed by atoms with Crippen molar-refractivity contribution < 1.29 is 0 Å². The standard InChI is InChI=1S/C14H15N3S/c1-3-15-14-17-12(8-18-14)13-9(2)16-11-7-5-4-6-10(11)13/h4-8,16H,3H2,1-2H3,(H,15,17). The normalized spacial score (nSPS) is 11.0. The summed E-state index contributed by atoms with van der Waals surface area (Å²) in [5.74, 6) is 0. The van der Waals surface area contributed by atoms with Crippen LogP contribution >= 0.6 is 11.3 Å². The summed E-state index contributed by atoms with van der Waals surface area (Å²) in [6.45, 7) is 5.08. The number of aryl methyl sites for hydroxylation is 1. The molecular weight excluding hydrogens is 242 g/mol. The number of hydrogen-bond donors (Lipinski definition) is 2. The Balaban J connectivity index is 2.15. The number of hydrogen-bond acceptors (Lipinski definition) is 3. The summed E-state index contributed by atoms with van der Waals surface area (Å²) >= 11 is 1.65. The van der Waals surface area contributed by atoms with Crippen molar-refractivity contribution in [1.82, 2.24) is 9.97 Å². The monoisotopic (exact) mass is 257 g/mol. The third-order valence-corrected chi connectivity index (χ3v) is 3.78. The van der Waals surface area contributed by atoms with E-state index in [1.54, 1.807) is 11.3 Å². The zero-order valence-electron chi connectivity index (χ0n) is 10.4. The molecule has 3 aromatic rings. The maximum Gasteiger partial charge on any atom is 0.183 e. The summed E-state index contributed by atoms with van der Waals surface area (Å²) < 4.78 is 0. The number of H-pyrrole nitrogens is 1. The van der Waals surface area contributed by atoms with Gasteiger partial charge in [0, 0.05) is 34.1 Å². The minimum Gasteiger partial charge on any atom is -0.362 e. The van der Waals surface area contributed by atoms with Crippen LogP contribution in [-0.4, -0.2) is 16.5 Å². The van der Waals surface area contributed by atoms with E-state index in [1.807, 2.05) is 6.07 Å². The number of fused-ring (bicyclic) bond motifs is 1. The van der Waals surface area contributed by atoms with Gasteiger partial charge in [0.15, 0.2) is 5.13 Å². The Morgan fingerprint density at radius 2 is 2.17 bits per heavy atom. The molecule has 0 saturated carbocycles. The Bertz CT molecular complexity index is 681. The van der Waals surface area contributed by atoms with Crippen molar-refractivity contribution in [1.29, 1.82) is 0 Å². The van der Waals surface area contributed by atoms with Crippen molar-refractivity contribution in [3.8, 4) is 11.3 Å². The topological polar surface area (TPSA) is 40.7 Å². The van der Waals surface area contributed by atoms with Crippen LogP contribution in [0, 0.1) is 6.92 Å². The molecule has 0 aliphatic rings. The number of para-hydroxylation sites is 1. The Kier molecular flexibility index (Phi) is 2.80. The minimum absolute atomic E-state index is 0.903. The summed E-state index contributed by atoms with van der Waals surface area (Å²) in [4.78, 5) is 8.05. The van der Waals surface area contributed by atoms with E-state index in [1.165, 1.54) is 22.2 Å². The van der Waals surface area contributed by atoms with Crippen LogP contribution in [0.15, 0.2) is 29.6 Å². The van der Waals surface area contributed by atoms with Crippen LogP contribution in [0.3, 0.4) is 0 Å². The molecule has 0 fully saturated rings. The average Bonchev–Trinajstić information content (AvgIpc) is 2.92. The second-order valence-electron chi connectivity index (χ2n) is 4.24. The van der Waals surface area contributed by atoms with Gasteiger partial charge in [-0.1, -0.05) is 18.2 Å². The number of benzene rings is 1. The molecule has 0 saturated heterocycles. The minimum atomic E-state index is 0.903. The molecule has 2 heterocycles. The van der Waals surface area contributed by atoms with Crippen molar-refractivity contribution in [2.75, 3.05) is 11.9 Å². The molecule has 2 N–H and O–H groups in total. The fourth-order valence-electron chi connectivity index (χ4n) is 2.23. The fourth-order valence-corrected chi connectivity index (χ4v) is 3.00. The summed E-state index contributed by atoms with van der Waals surface area (Å²) in [5, 5.41) is 7.59. The molecular formula is C14H15N3S. The first kappa shape index (κ1) is 11.3. The first-order valence-electron chi connectivity index (χ1n) is 6.06. The lowest BCUT2D eigenvalue weighted by molar-refractivity contribution is 1.19. The van der Waals surface area contributed by atoms with Crippen LogP contribution in [0.1, 0.15) is 12.6 Å². The zero-order chi connectivity index (χ0) is 12.5. The molecule has 3 rings (SSSR count). The number of nitrogens with one attached hydrogen (secondary N) is 2. The Morgan fingerprint density at radius 3 is 3.00 bits per heavy atom. The second kappa shape index (κ2) is 4.46. The molecule has 0 unspecified atom stereocenters. The number of nitrogens with zero attached hydrogens (tertiary/aromatic N) is 1. The van der Waals surface area contributed by atoms with Gasteiger partial charge in [-0.2, -0.15) is 0 Å². The van der Waals surface area contributed by atoms with Crippen molar-refractivity contribution in [2.24, 2.45) is 0 Å². The van der Waals surface area contributed by atoms with Gasteiger partial charge >= 0.3 is 0 Å². The first-order chi connectivity index (χ1) is 8.79. The van der Waals surface area contributed by atoms with E-state index in [0.717, 1.165) is 17.4 Å². The molecule has 0 aliphatic carbocycles. The van der Waals surface area contributed by atoms with Crippen LogP contribution in [0.2, 0.25) is 0 Å². The third kappa shape index (κ3) is 1.78. The molecule has 1 aromatic carbocycles. The summed E-state index contributed by atoms with van der Waals surface area (Å²) in [6, 6.07) is 8.35. The van der Waals surface area contributed by atoms with Gasteiger partial charge in [0.1, 0.15) is 0 Å². The highest BCUT2D eigenvalue weighted by molar-refractivity contribution is 7.14. The van der Waals surface area contributed by atoms with Crippen LogP contribution in [0.25, 0.3) is 22.2 Å². The van der Waals surface area contributed by atoms with E-state index < -0.39 is 0 Å². The molecule has 0 amide bonds. The van der Waals surface area contributed by atoms with Crippen LogP contribution in [-0.2, 0) is 0 Å². The second-order valence-corrected chi connectivity index (χ2v) is 5.10. The highest BCUT2D eigenvalue weighted by atomic mass is 32.1. The lowest BCUT2D eigenvalue weighted by atomic mass is 10.1. The molecule has 92 valence electrons. The Morgan fingerprint density at radius 1 is 1.33 bits per heavy atom. The van der Waals surface area contributed by atoms with Gasteiger partial charge in [-0.05, 0) is 19.9 Å². The predicted octanol–water partition coefficient (Wildman–Crippen LogP) is 4.03.